The molecule has 31 heavy (non-hydrogen) atoms. The number of piperazine rings is 1. The lowest BCUT2D eigenvalue weighted by Gasteiger charge is -2.34. The van der Waals surface area contributed by atoms with Crippen molar-refractivity contribution in [2.45, 2.75) is 11.3 Å². The fourth-order valence-electron chi connectivity index (χ4n) is 3.70. The standard InChI is InChI=1S/C22H21N3O5S/c26-22(16-17-5-6-18-3-1-2-4-19(18)15-17)23-11-13-24(14-12-23)31(29,30)21-9-7-20(8-10-21)25(27)28/h1-10,15H,11-14,16H2. The van der Waals surface area contributed by atoms with Crippen molar-refractivity contribution in [1.29, 1.82) is 0 Å². The quantitative estimate of drug-likeness (QED) is 0.449. The number of nitrogens with zero attached hydrogens (tertiary/aromatic N) is 3. The molecular weight excluding hydrogens is 418 g/mol. The number of benzene rings is 3. The molecule has 1 aliphatic rings. The van der Waals surface area contributed by atoms with Gasteiger partial charge in [0, 0.05) is 38.3 Å². The van der Waals surface area contributed by atoms with Crippen LogP contribution in [0.5, 0.6) is 0 Å². The monoisotopic (exact) mass is 439 g/mol. The van der Waals surface area contributed by atoms with Crippen LogP contribution < -0.4 is 0 Å². The van der Waals surface area contributed by atoms with Crippen LogP contribution in [0.4, 0.5) is 5.69 Å². The molecule has 0 unspecified atom stereocenters. The highest BCUT2D eigenvalue weighted by molar-refractivity contribution is 7.89. The normalized spacial score (nSPS) is 15.2. The number of carbonyl (C=O) groups excluding carboxylic acids is 1. The summed E-state index contributed by atoms with van der Waals surface area (Å²) in [5.74, 6) is -0.0392. The number of non-ortho nitro benzene ring substituents is 1. The van der Waals surface area contributed by atoms with Gasteiger partial charge in [-0.15, -0.1) is 0 Å². The Morgan fingerprint density at radius 1 is 0.903 bits per heavy atom. The Labute approximate surface area is 179 Å². The molecule has 8 nitrogen and oxygen atoms in total. The predicted octanol–water partition coefficient (Wildman–Crippen LogP) is 2.82. The minimum absolute atomic E-state index is 0.00837. The zero-order chi connectivity index (χ0) is 22.0. The highest BCUT2D eigenvalue weighted by Crippen LogP contribution is 2.21. The number of rotatable bonds is 5. The molecule has 0 aliphatic carbocycles. The van der Waals surface area contributed by atoms with Crippen LogP contribution in [0.25, 0.3) is 10.8 Å². The molecule has 1 amide bonds. The zero-order valence-electron chi connectivity index (χ0n) is 16.7. The summed E-state index contributed by atoms with van der Waals surface area (Å²) in [5.41, 5.74) is 0.757. The van der Waals surface area contributed by atoms with Gasteiger partial charge in [-0.3, -0.25) is 14.9 Å². The van der Waals surface area contributed by atoms with Gasteiger partial charge < -0.3 is 4.90 Å². The van der Waals surface area contributed by atoms with Crippen molar-refractivity contribution in [2.75, 3.05) is 26.2 Å². The average molecular weight is 439 g/mol. The van der Waals surface area contributed by atoms with Crippen LogP contribution >= 0.6 is 0 Å². The Morgan fingerprint density at radius 2 is 1.55 bits per heavy atom. The van der Waals surface area contributed by atoms with E-state index in [-0.39, 0.29) is 36.0 Å². The van der Waals surface area contributed by atoms with Gasteiger partial charge in [0.25, 0.3) is 5.69 Å². The summed E-state index contributed by atoms with van der Waals surface area (Å²) >= 11 is 0. The van der Waals surface area contributed by atoms with Crippen molar-refractivity contribution >= 4 is 32.4 Å². The molecule has 1 aliphatic heterocycles. The van der Waals surface area contributed by atoms with Gasteiger partial charge in [-0.1, -0.05) is 42.5 Å². The largest absolute Gasteiger partial charge is 0.340 e. The number of carbonyl (C=O) groups is 1. The van der Waals surface area contributed by atoms with E-state index in [0.29, 0.717) is 13.1 Å². The van der Waals surface area contributed by atoms with Gasteiger partial charge in [-0.2, -0.15) is 4.31 Å². The maximum Gasteiger partial charge on any atom is 0.269 e. The van der Waals surface area contributed by atoms with Gasteiger partial charge in [0.2, 0.25) is 15.9 Å². The highest BCUT2D eigenvalue weighted by Gasteiger charge is 2.30. The fourth-order valence-corrected chi connectivity index (χ4v) is 5.12. The molecule has 3 aromatic rings. The molecule has 0 radical (unpaired) electrons. The second-order valence-corrected chi connectivity index (χ2v) is 9.33. The number of nitro groups is 1. The van der Waals surface area contributed by atoms with Gasteiger partial charge >= 0.3 is 0 Å². The number of fused-ring (bicyclic) bond motifs is 1. The number of amides is 1. The fraction of sp³-hybridized carbons (Fsp3) is 0.227. The lowest BCUT2D eigenvalue weighted by Crippen LogP contribution is -2.50. The first kappa shape index (κ1) is 21.0. The van der Waals surface area contributed by atoms with E-state index in [1.165, 1.54) is 28.6 Å². The van der Waals surface area contributed by atoms with Gasteiger partial charge in [0.05, 0.1) is 16.2 Å². The molecule has 0 N–H and O–H groups in total. The smallest absolute Gasteiger partial charge is 0.269 e. The Hall–Kier alpha value is -3.30. The van der Waals surface area contributed by atoms with Gasteiger partial charge in [-0.25, -0.2) is 8.42 Å². The molecule has 0 bridgehead atoms. The molecule has 0 saturated carbocycles. The lowest BCUT2D eigenvalue weighted by atomic mass is 10.0. The lowest BCUT2D eigenvalue weighted by molar-refractivity contribution is -0.384. The third-order valence-electron chi connectivity index (χ3n) is 5.45. The number of hydrogen-bond donors (Lipinski definition) is 0. The molecule has 0 atom stereocenters. The zero-order valence-corrected chi connectivity index (χ0v) is 17.5. The van der Waals surface area contributed by atoms with Crippen molar-refractivity contribution in [1.82, 2.24) is 9.21 Å². The van der Waals surface area contributed by atoms with Gasteiger partial charge in [0.1, 0.15) is 0 Å². The van der Waals surface area contributed by atoms with E-state index < -0.39 is 14.9 Å². The van der Waals surface area contributed by atoms with Crippen LogP contribution in [0.3, 0.4) is 0 Å². The summed E-state index contributed by atoms with van der Waals surface area (Å²) < 4.78 is 26.9. The predicted molar refractivity (Wildman–Crippen MR) is 116 cm³/mol. The summed E-state index contributed by atoms with van der Waals surface area (Å²) in [6.07, 6.45) is 0.264. The summed E-state index contributed by atoms with van der Waals surface area (Å²) in [5, 5.41) is 13.0. The molecule has 1 heterocycles. The first-order chi connectivity index (χ1) is 14.8. The SMILES string of the molecule is O=C(Cc1ccc2ccccc2c1)N1CCN(S(=O)(=O)c2ccc([N+](=O)[O-])cc2)CC1. The van der Waals surface area contributed by atoms with Crippen LogP contribution in [0.1, 0.15) is 5.56 Å². The van der Waals surface area contributed by atoms with Gasteiger partial charge in [-0.05, 0) is 28.5 Å². The van der Waals surface area contributed by atoms with Crippen LogP contribution in [0.2, 0.25) is 0 Å². The van der Waals surface area contributed by atoms with Gasteiger partial charge in [0.15, 0.2) is 0 Å². The maximum absolute atomic E-state index is 12.8. The first-order valence-corrected chi connectivity index (χ1v) is 11.3. The summed E-state index contributed by atoms with van der Waals surface area (Å²) in [6.45, 7) is 0.975. The minimum Gasteiger partial charge on any atom is -0.340 e. The number of sulfonamides is 1. The molecule has 3 aromatic carbocycles. The van der Waals surface area contributed by atoms with Crippen LogP contribution in [-0.2, 0) is 21.2 Å². The molecular formula is C22H21N3O5S. The highest BCUT2D eigenvalue weighted by atomic mass is 32.2. The average Bonchev–Trinajstić information content (AvgIpc) is 2.79. The van der Waals surface area contributed by atoms with E-state index in [4.69, 9.17) is 0 Å². The van der Waals surface area contributed by atoms with E-state index in [9.17, 15) is 23.3 Å². The Bertz CT molecular complexity index is 1230. The molecule has 0 spiro atoms. The topological polar surface area (TPSA) is 101 Å². The molecule has 0 aromatic heterocycles. The van der Waals surface area contributed by atoms with E-state index >= 15 is 0 Å². The van der Waals surface area contributed by atoms with E-state index in [2.05, 4.69) is 0 Å². The maximum atomic E-state index is 12.8. The Kier molecular flexibility index (Phi) is 5.71. The van der Waals surface area contributed by atoms with Crippen molar-refractivity contribution < 1.29 is 18.1 Å². The minimum atomic E-state index is -3.76. The second-order valence-electron chi connectivity index (χ2n) is 7.39. The molecule has 9 heteroatoms. The van der Waals surface area contributed by atoms with Crippen LogP contribution in [0, 0.1) is 10.1 Å². The second kappa shape index (κ2) is 8.44. The van der Waals surface area contributed by atoms with Crippen LogP contribution in [-0.4, -0.2) is 54.6 Å². The molecule has 1 saturated heterocycles. The van der Waals surface area contributed by atoms with Crippen molar-refractivity contribution in [3.63, 3.8) is 0 Å². The third-order valence-corrected chi connectivity index (χ3v) is 7.36. The Morgan fingerprint density at radius 3 is 2.19 bits per heavy atom. The van der Waals surface area contributed by atoms with Crippen molar-refractivity contribution in [3.05, 3.63) is 82.4 Å². The Balaban J connectivity index is 1.39. The third kappa shape index (κ3) is 4.42. The first-order valence-electron chi connectivity index (χ1n) is 9.85. The summed E-state index contributed by atoms with van der Waals surface area (Å²) in [6, 6.07) is 18.7. The van der Waals surface area contributed by atoms with Crippen molar-refractivity contribution in [3.8, 4) is 0 Å². The molecule has 160 valence electrons. The molecule has 4 rings (SSSR count). The summed E-state index contributed by atoms with van der Waals surface area (Å²) in [4.78, 5) is 24.6. The van der Waals surface area contributed by atoms with E-state index in [1.54, 1.807) is 4.90 Å². The van der Waals surface area contributed by atoms with Crippen molar-refractivity contribution in [2.24, 2.45) is 0 Å². The van der Waals surface area contributed by atoms with E-state index in [1.807, 2.05) is 42.5 Å². The number of nitro benzene ring substituents is 1. The number of hydrogen-bond acceptors (Lipinski definition) is 5. The van der Waals surface area contributed by atoms with E-state index in [0.717, 1.165) is 16.3 Å². The summed E-state index contributed by atoms with van der Waals surface area (Å²) in [7, 11) is -3.76. The van der Waals surface area contributed by atoms with Crippen LogP contribution in [0.15, 0.2) is 71.6 Å². The molecule has 1 fully saturated rings.